The summed E-state index contributed by atoms with van der Waals surface area (Å²) in [6, 6.07) is 15.4. The van der Waals surface area contributed by atoms with Gasteiger partial charge in [-0.25, -0.2) is 0 Å². The van der Waals surface area contributed by atoms with Gasteiger partial charge in [0.05, 0.1) is 12.6 Å². The molecule has 7 nitrogen and oxygen atoms in total. The van der Waals surface area contributed by atoms with Crippen molar-refractivity contribution in [1.82, 2.24) is 15.1 Å². The summed E-state index contributed by atoms with van der Waals surface area (Å²) in [5.41, 5.74) is 2.24. The standard InChI is InChI=1S/C24H29N3O4/c1-18(28)21(13-19-5-3-2-4-6-19)25-24(29)16-27-11-9-26(10-12-27)15-20-7-8-22-23(14-20)31-17-30-22/h2-8,14,21H,9-13,15-17H2,1H3,(H,25,29)/t21-/m1/s1. The molecule has 1 amide bonds. The highest BCUT2D eigenvalue weighted by molar-refractivity contribution is 5.88. The smallest absolute Gasteiger partial charge is 0.234 e. The Morgan fingerprint density at radius 2 is 1.65 bits per heavy atom. The van der Waals surface area contributed by atoms with Crippen LogP contribution in [0.25, 0.3) is 0 Å². The van der Waals surface area contributed by atoms with E-state index in [-0.39, 0.29) is 18.5 Å². The van der Waals surface area contributed by atoms with E-state index in [1.807, 2.05) is 42.5 Å². The molecule has 1 saturated heterocycles. The van der Waals surface area contributed by atoms with Gasteiger partial charge >= 0.3 is 0 Å². The lowest BCUT2D eigenvalue weighted by Gasteiger charge is -2.34. The summed E-state index contributed by atoms with van der Waals surface area (Å²) in [5.74, 6) is 1.49. The summed E-state index contributed by atoms with van der Waals surface area (Å²) in [6.07, 6.45) is 0.519. The number of amides is 1. The van der Waals surface area contributed by atoms with Crippen molar-refractivity contribution < 1.29 is 19.1 Å². The number of Topliss-reactive ketones (excluding diaryl/α,β-unsaturated/α-hetero) is 1. The van der Waals surface area contributed by atoms with Crippen LogP contribution in [-0.2, 0) is 22.6 Å². The second-order valence-electron chi connectivity index (χ2n) is 8.16. The number of rotatable bonds is 8. The van der Waals surface area contributed by atoms with Gasteiger partial charge in [0.15, 0.2) is 17.3 Å². The monoisotopic (exact) mass is 423 g/mol. The number of hydrogen-bond donors (Lipinski definition) is 1. The maximum Gasteiger partial charge on any atom is 0.234 e. The van der Waals surface area contributed by atoms with Gasteiger partial charge in [0.1, 0.15) is 0 Å². The molecule has 0 aliphatic carbocycles. The number of benzene rings is 2. The number of nitrogens with zero attached hydrogens (tertiary/aromatic N) is 2. The van der Waals surface area contributed by atoms with E-state index in [4.69, 9.17) is 9.47 Å². The molecule has 164 valence electrons. The Labute approximate surface area is 182 Å². The molecule has 2 aliphatic heterocycles. The molecule has 7 heteroatoms. The number of carbonyl (C=O) groups is 2. The third-order valence-corrected chi connectivity index (χ3v) is 5.78. The molecule has 0 radical (unpaired) electrons. The van der Waals surface area contributed by atoms with Crippen LogP contribution in [0.3, 0.4) is 0 Å². The summed E-state index contributed by atoms with van der Waals surface area (Å²) in [7, 11) is 0. The number of fused-ring (bicyclic) bond motifs is 1. The van der Waals surface area contributed by atoms with E-state index in [9.17, 15) is 9.59 Å². The summed E-state index contributed by atoms with van der Waals surface area (Å²) in [4.78, 5) is 29.1. The second kappa shape index (κ2) is 9.94. The first-order chi connectivity index (χ1) is 15.1. The number of ketones is 1. The van der Waals surface area contributed by atoms with Crippen LogP contribution in [0.2, 0.25) is 0 Å². The Morgan fingerprint density at radius 1 is 0.935 bits per heavy atom. The van der Waals surface area contributed by atoms with Crippen molar-refractivity contribution in [1.29, 1.82) is 0 Å². The van der Waals surface area contributed by atoms with E-state index in [1.54, 1.807) is 0 Å². The van der Waals surface area contributed by atoms with Crippen LogP contribution in [0, 0.1) is 0 Å². The van der Waals surface area contributed by atoms with Crippen LogP contribution in [0.15, 0.2) is 48.5 Å². The first-order valence-corrected chi connectivity index (χ1v) is 10.7. The van der Waals surface area contributed by atoms with Gasteiger partial charge in [-0.2, -0.15) is 0 Å². The Morgan fingerprint density at radius 3 is 2.39 bits per heavy atom. The lowest BCUT2D eigenvalue weighted by atomic mass is 10.0. The highest BCUT2D eigenvalue weighted by Crippen LogP contribution is 2.32. The van der Waals surface area contributed by atoms with Gasteiger partial charge < -0.3 is 14.8 Å². The normalized spacial score (nSPS) is 17.3. The van der Waals surface area contributed by atoms with Crippen molar-refractivity contribution in [2.75, 3.05) is 39.5 Å². The van der Waals surface area contributed by atoms with Gasteiger partial charge in [0.2, 0.25) is 12.7 Å². The lowest BCUT2D eigenvalue weighted by Crippen LogP contribution is -2.51. The Kier molecular flexibility index (Phi) is 6.84. The van der Waals surface area contributed by atoms with Crippen LogP contribution in [0.4, 0.5) is 0 Å². The summed E-state index contributed by atoms with van der Waals surface area (Å²) >= 11 is 0. The Bertz CT molecular complexity index is 910. The first kappa shape index (κ1) is 21.3. The van der Waals surface area contributed by atoms with Crippen molar-refractivity contribution in [3.63, 3.8) is 0 Å². The molecular weight excluding hydrogens is 394 g/mol. The molecule has 0 spiro atoms. The minimum Gasteiger partial charge on any atom is -0.454 e. The van der Waals surface area contributed by atoms with Gasteiger partial charge in [0, 0.05) is 32.7 Å². The molecule has 1 atom stereocenters. The average Bonchev–Trinajstić information content (AvgIpc) is 3.23. The molecular formula is C24H29N3O4. The Balaban J connectivity index is 1.22. The molecule has 0 saturated carbocycles. The minimum absolute atomic E-state index is 0.0225. The van der Waals surface area contributed by atoms with E-state index in [2.05, 4.69) is 21.2 Å². The third-order valence-electron chi connectivity index (χ3n) is 5.78. The van der Waals surface area contributed by atoms with Crippen LogP contribution in [-0.4, -0.2) is 67.0 Å². The highest BCUT2D eigenvalue weighted by Gasteiger charge is 2.23. The number of carbonyl (C=O) groups excluding carboxylic acids is 2. The molecule has 1 fully saturated rings. The number of hydrogen-bond acceptors (Lipinski definition) is 6. The topological polar surface area (TPSA) is 71.1 Å². The van der Waals surface area contributed by atoms with E-state index >= 15 is 0 Å². The fourth-order valence-electron chi connectivity index (χ4n) is 3.99. The molecule has 0 bridgehead atoms. The largest absolute Gasteiger partial charge is 0.454 e. The van der Waals surface area contributed by atoms with Crippen LogP contribution < -0.4 is 14.8 Å². The molecule has 1 N–H and O–H groups in total. The van der Waals surface area contributed by atoms with Crippen molar-refractivity contribution in [2.24, 2.45) is 0 Å². The fraction of sp³-hybridized carbons (Fsp3) is 0.417. The molecule has 2 heterocycles. The van der Waals surface area contributed by atoms with Gasteiger partial charge in [0.25, 0.3) is 0 Å². The fourth-order valence-corrected chi connectivity index (χ4v) is 3.99. The SMILES string of the molecule is CC(=O)[C@@H](Cc1ccccc1)NC(=O)CN1CCN(Cc2ccc3c(c2)OCO3)CC1. The molecule has 4 rings (SSSR count). The predicted octanol–water partition coefficient (Wildman–Crippen LogP) is 1.85. The highest BCUT2D eigenvalue weighted by atomic mass is 16.7. The second-order valence-corrected chi connectivity index (χ2v) is 8.16. The summed E-state index contributed by atoms with van der Waals surface area (Å²) in [5, 5.41) is 2.92. The van der Waals surface area contributed by atoms with Gasteiger partial charge in [-0.05, 0) is 36.6 Å². The van der Waals surface area contributed by atoms with Crippen molar-refractivity contribution in [2.45, 2.75) is 25.9 Å². The van der Waals surface area contributed by atoms with Crippen molar-refractivity contribution in [3.05, 3.63) is 59.7 Å². The average molecular weight is 424 g/mol. The molecule has 0 aromatic heterocycles. The number of piperazine rings is 1. The maximum atomic E-state index is 12.6. The van der Waals surface area contributed by atoms with Gasteiger partial charge in [-0.3, -0.25) is 19.4 Å². The van der Waals surface area contributed by atoms with E-state index in [0.29, 0.717) is 13.0 Å². The zero-order chi connectivity index (χ0) is 21.6. The zero-order valence-corrected chi connectivity index (χ0v) is 17.9. The third kappa shape index (κ3) is 5.83. The molecule has 0 unspecified atom stereocenters. The van der Waals surface area contributed by atoms with Crippen LogP contribution in [0.1, 0.15) is 18.1 Å². The van der Waals surface area contributed by atoms with Crippen LogP contribution >= 0.6 is 0 Å². The van der Waals surface area contributed by atoms with E-state index < -0.39 is 6.04 Å². The molecule has 2 aromatic carbocycles. The van der Waals surface area contributed by atoms with Gasteiger partial charge in [-0.15, -0.1) is 0 Å². The Hall–Kier alpha value is -2.90. The van der Waals surface area contributed by atoms with Crippen LogP contribution in [0.5, 0.6) is 11.5 Å². The summed E-state index contributed by atoms with van der Waals surface area (Å²) in [6.45, 7) is 6.40. The summed E-state index contributed by atoms with van der Waals surface area (Å²) < 4.78 is 10.8. The number of ether oxygens (including phenoxy) is 2. The van der Waals surface area contributed by atoms with E-state index in [0.717, 1.165) is 49.8 Å². The molecule has 2 aliphatic rings. The lowest BCUT2D eigenvalue weighted by molar-refractivity contribution is -0.127. The number of nitrogens with one attached hydrogen (secondary N) is 1. The maximum absolute atomic E-state index is 12.6. The van der Waals surface area contributed by atoms with Crippen molar-refractivity contribution in [3.8, 4) is 11.5 Å². The van der Waals surface area contributed by atoms with E-state index in [1.165, 1.54) is 12.5 Å². The minimum atomic E-state index is -0.484. The molecule has 2 aromatic rings. The first-order valence-electron chi connectivity index (χ1n) is 10.7. The van der Waals surface area contributed by atoms with Crippen molar-refractivity contribution >= 4 is 11.7 Å². The van der Waals surface area contributed by atoms with Gasteiger partial charge in [-0.1, -0.05) is 36.4 Å². The zero-order valence-electron chi connectivity index (χ0n) is 17.9. The predicted molar refractivity (Wildman–Crippen MR) is 117 cm³/mol. The quantitative estimate of drug-likeness (QED) is 0.699. The molecule has 31 heavy (non-hydrogen) atoms.